The fourth-order valence-corrected chi connectivity index (χ4v) is 3.24. The average molecular weight is 463 g/mol. The number of benzene rings is 2. The quantitative estimate of drug-likeness (QED) is 0.289. The molecule has 1 aromatic heterocycles. The maximum atomic E-state index is 12.3. The summed E-state index contributed by atoms with van der Waals surface area (Å²) in [5.74, 6) is 0.207. The molecule has 3 amide bonds. The van der Waals surface area contributed by atoms with E-state index in [1.54, 1.807) is 66.9 Å². The van der Waals surface area contributed by atoms with Crippen LogP contribution in [0.15, 0.2) is 71.3 Å². The number of carbonyl (C=O) groups is 3. The highest BCUT2D eigenvalue weighted by Crippen LogP contribution is 2.16. The lowest BCUT2D eigenvalue weighted by Crippen LogP contribution is -2.23. The predicted molar refractivity (Wildman–Crippen MR) is 133 cm³/mol. The highest BCUT2D eigenvalue weighted by atomic mass is 16.3. The smallest absolute Gasteiger partial charge is 0.251 e. The van der Waals surface area contributed by atoms with Gasteiger partial charge in [0.25, 0.3) is 5.91 Å². The minimum absolute atomic E-state index is 0.0308. The Morgan fingerprint density at radius 3 is 2.24 bits per heavy atom. The Balaban J connectivity index is 1.43. The highest BCUT2D eigenvalue weighted by molar-refractivity contribution is 5.96. The number of carbonyl (C=O) groups excluding carboxylic acids is 3. The molecule has 2 aromatic carbocycles. The molecule has 0 bridgehead atoms. The number of unbranched alkanes of at least 4 members (excludes halogenated alkanes) is 2. The lowest BCUT2D eigenvalue weighted by molar-refractivity contribution is -0.116. The van der Waals surface area contributed by atoms with E-state index in [2.05, 4.69) is 28.2 Å². The van der Waals surface area contributed by atoms with E-state index in [0.717, 1.165) is 19.3 Å². The summed E-state index contributed by atoms with van der Waals surface area (Å²) in [5, 5.41) is 11.5. The zero-order valence-electron chi connectivity index (χ0n) is 19.2. The van der Waals surface area contributed by atoms with E-state index < -0.39 is 0 Å². The summed E-state index contributed by atoms with van der Waals surface area (Å²) in [7, 11) is 0. The van der Waals surface area contributed by atoms with Gasteiger partial charge >= 0.3 is 0 Å². The van der Waals surface area contributed by atoms with Crippen molar-refractivity contribution in [3.05, 3.63) is 78.3 Å². The Bertz CT molecular complexity index is 1080. The number of furan rings is 1. The predicted octanol–water partition coefficient (Wildman–Crippen LogP) is 4.78. The molecule has 178 valence electrons. The molecule has 0 aliphatic carbocycles. The molecule has 3 rings (SSSR count). The van der Waals surface area contributed by atoms with Gasteiger partial charge in [0, 0.05) is 29.0 Å². The van der Waals surface area contributed by atoms with Crippen LogP contribution in [0, 0.1) is 0 Å². The Labute approximate surface area is 199 Å². The topological polar surface area (TPSA) is 112 Å². The summed E-state index contributed by atoms with van der Waals surface area (Å²) in [5.41, 5.74) is 2.47. The number of anilines is 3. The highest BCUT2D eigenvalue weighted by Gasteiger charge is 2.08. The van der Waals surface area contributed by atoms with Crippen LogP contribution in [-0.2, 0) is 16.1 Å². The summed E-state index contributed by atoms with van der Waals surface area (Å²) in [6.07, 6.45) is 5.00. The number of rotatable bonds is 12. The molecule has 1 heterocycles. The van der Waals surface area contributed by atoms with Crippen LogP contribution < -0.4 is 21.3 Å². The Morgan fingerprint density at radius 2 is 1.56 bits per heavy atom. The number of hydrogen-bond donors (Lipinski definition) is 4. The van der Waals surface area contributed by atoms with Gasteiger partial charge in [0.05, 0.1) is 19.4 Å². The zero-order chi connectivity index (χ0) is 24.2. The molecule has 4 N–H and O–H groups in total. The van der Waals surface area contributed by atoms with Crippen molar-refractivity contribution in [2.75, 3.05) is 22.5 Å². The van der Waals surface area contributed by atoms with Crippen LogP contribution in [-0.4, -0.2) is 24.3 Å². The molecule has 8 heteroatoms. The lowest BCUT2D eigenvalue weighted by Gasteiger charge is -2.10. The van der Waals surface area contributed by atoms with Gasteiger partial charge in [-0.2, -0.15) is 0 Å². The van der Waals surface area contributed by atoms with E-state index in [1.807, 2.05) is 0 Å². The fourth-order valence-electron chi connectivity index (χ4n) is 3.24. The molecule has 0 aliphatic rings. The molecule has 3 aromatic rings. The van der Waals surface area contributed by atoms with Gasteiger partial charge in [-0.05, 0) is 61.0 Å². The first-order valence-corrected chi connectivity index (χ1v) is 11.4. The van der Waals surface area contributed by atoms with Gasteiger partial charge < -0.3 is 25.7 Å². The minimum atomic E-state index is -0.230. The Hall–Kier alpha value is -4.07. The standard InChI is InChI=1S/C26H30N4O4/c1-2-3-4-10-24(31)29-21-7-5-8-22(16-21)30-25(32)18-27-20-13-11-19(12-14-20)26(33)28-17-23-9-6-15-34-23/h5-9,11-16,27H,2-4,10,17-18H2,1H3,(H,28,33)(H,29,31)(H,30,32). The number of hydrogen-bond acceptors (Lipinski definition) is 5. The molecule has 0 atom stereocenters. The lowest BCUT2D eigenvalue weighted by atomic mass is 10.2. The first-order valence-electron chi connectivity index (χ1n) is 11.4. The normalized spacial score (nSPS) is 10.4. The molecular weight excluding hydrogens is 432 g/mol. The van der Waals surface area contributed by atoms with Gasteiger partial charge in [-0.15, -0.1) is 0 Å². The van der Waals surface area contributed by atoms with Gasteiger partial charge in [-0.25, -0.2) is 0 Å². The van der Waals surface area contributed by atoms with Crippen molar-refractivity contribution >= 4 is 34.8 Å². The third-order valence-electron chi connectivity index (χ3n) is 5.04. The van der Waals surface area contributed by atoms with E-state index in [4.69, 9.17) is 4.42 Å². The van der Waals surface area contributed by atoms with Crippen molar-refractivity contribution in [3.63, 3.8) is 0 Å². The van der Waals surface area contributed by atoms with E-state index in [0.29, 0.717) is 41.4 Å². The van der Waals surface area contributed by atoms with E-state index >= 15 is 0 Å². The second-order valence-corrected chi connectivity index (χ2v) is 7.83. The Morgan fingerprint density at radius 1 is 0.824 bits per heavy atom. The average Bonchev–Trinajstić information content (AvgIpc) is 3.36. The molecule has 0 spiro atoms. The van der Waals surface area contributed by atoms with Crippen molar-refractivity contribution in [2.45, 2.75) is 39.2 Å². The Kier molecular flexibility index (Phi) is 9.28. The van der Waals surface area contributed by atoms with Crippen molar-refractivity contribution < 1.29 is 18.8 Å². The second kappa shape index (κ2) is 12.8. The minimum Gasteiger partial charge on any atom is -0.467 e. The third kappa shape index (κ3) is 8.12. The molecule has 0 unspecified atom stereocenters. The molecule has 0 saturated heterocycles. The monoisotopic (exact) mass is 462 g/mol. The van der Waals surface area contributed by atoms with Gasteiger partial charge in [-0.1, -0.05) is 25.8 Å². The van der Waals surface area contributed by atoms with Gasteiger partial charge in [-0.3, -0.25) is 14.4 Å². The second-order valence-electron chi connectivity index (χ2n) is 7.83. The van der Waals surface area contributed by atoms with Crippen molar-refractivity contribution in [2.24, 2.45) is 0 Å². The summed E-state index contributed by atoms with van der Waals surface area (Å²) in [6, 6.07) is 17.5. The molecule has 8 nitrogen and oxygen atoms in total. The van der Waals surface area contributed by atoms with Crippen LogP contribution >= 0.6 is 0 Å². The number of nitrogens with one attached hydrogen (secondary N) is 4. The maximum Gasteiger partial charge on any atom is 0.251 e. The van der Waals surface area contributed by atoms with Gasteiger partial charge in [0.1, 0.15) is 5.76 Å². The molecule has 0 fully saturated rings. The van der Waals surface area contributed by atoms with Crippen molar-refractivity contribution in [1.82, 2.24) is 5.32 Å². The number of amides is 3. The fraction of sp³-hybridized carbons (Fsp3) is 0.269. The van der Waals surface area contributed by atoms with Crippen LogP contribution in [0.25, 0.3) is 0 Å². The van der Waals surface area contributed by atoms with Crippen molar-refractivity contribution in [1.29, 1.82) is 0 Å². The van der Waals surface area contributed by atoms with Gasteiger partial charge in [0.15, 0.2) is 0 Å². The van der Waals surface area contributed by atoms with Crippen LogP contribution in [0.3, 0.4) is 0 Å². The van der Waals surface area contributed by atoms with Crippen LogP contribution in [0.4, 0.5) is 17.1 Å². The van der Waals surface area contributed by atoms with Crippen LogP contribution in [0.5, 0.6) is 0 Å². The summed E-state index contributed by atoms with van der Waals surface area (Å²) in [4.78, 5) is 36.5. The van der Waals surface area contributed by atoms with Crippen molar-refractivity contribution in [3.8, 4) is 0 Å². The third-order valence-corrected chi connectivity index (χ3v) is 5.04. The van der Waals surface area contributed by atoms with E-state index in [9.17, 15) is 14.4 Å². The van der Waals surface area contributed by atoms with E-state index in [-0.39, 0.29) is 24.3 Å². The first kappa shape index (κ1) is 24.6. The molecule has 0 radical (unpaired) electrons. The summed E-state index contributed by atoms with van der Waals surface area (Å²) >= 11 is 0. The van der Waals surface area contributed by atoms with Crippen LogP contribution in [0.1, 0.15) is 48.7 Å². The van der Waals surface area contributed by atoms with E-state index in [1.165, 1.54) is 0 Å². The first-order chi connectivity index (χ1) is 16.5. The van der Waals surface area contributed by atoms with Crippen LogP contribution in [0.2, 0.25) is 0 Å². The molecule has 34 heavy (non-hydrogen) atoms. The maximum absolute atomic E-state index is 12.3. The molecular formula is C26H30N4O4. The van der Waals surface area contributed by atoms with Gasteiger partial charge in [0.2, 0.25) is 11.8 Å². The summed E-state index contributed by atoms with van der Waals surface area (Å²) < 4.78 is 5.20. The SMILES string of the molecule is CCCCCC(=O)Nc1cccc(NC(=O)CNc2ccc(C(=O)NCc3ccco3)cc2)c1. The largest absolute Gasteiger partial charge is 0.467 e. The summed E-state index contributed by atoms with van der Waals surface area (Å²) in [6.45, 7) is 2.46. The molecule has 0 aliphatic heterocycles. The zero-order valence-corrected chi connectivity index (χ0v) is 19.2. The molecule has 0 saturated carbocycles.